The number of oxazole rings is 1. The third kappa shape index (κ3) is 2.84. The maximum Gasteiger partial charge on any atom is 0.226 e. The van der Waals surface area contributed by atoms with Gasteiger partial charge in [-0.1, -0.05) is 29.7 Å². The van der Waals surface area contributed by atoms with Crippen molar-refractivity contribution < 1.29 is 4.42 Å². The van der Waals surface area contributed by atoms with E-state index >= 15 is 0 Å². The normalized spacial score (nSPS) is 10.6. The van der Waals surface area contributed by atoms with E-state index in [-0.39, 0.29) is 0 Å². The van der Waals surface area contributed by atoms with Crippen LogP contribution < -0.4 is 10.4 Å². The standard InChI is InChI=1S/C17H15BN2O/c1-20(2)15-9-5-12(6-10-15)16-11-19-17(21-16)13-3-7-14(18)8-4-13/h3-11H,1-2H3. The summed E-state index contributed by atoms with van der Waals surface area (Å²) in [6, 6.07) is 15.7. The Balaban J connectivity index is 1.89. The second-order valence-corrected chi connectivity index (χ2v) is 5.09. The molecule has 2 aromatic carbocycles. The average molecular weight is 274 g/mol. The fraction of sp³-hybridized carbons (Fsp3) is 0.118. The van der Waals surface area contributed by atoms with Gasteiger partial charge in [-0.2, -0.15) is 0 Å². The highest BCUT2D eigenvalue weighted by Gasteiger charge is 2.08. The van der Waals surface area contributed by atoms with Crippen LogP contribution >= 0.6 is 0 Å². The number of benzene rings is 2. The Labute approximate surface area is 125 Å². The molecule has 0 amide bonds. The second kappa shape index (κ2) is 5.48. The van der Waals surface area contributed by atoms with Crippen molar-refractivity contribution in [3.63, 3.8) is 0 Å². The van der Waals surface area contributed by atoms with Crippen LogP contribution in [0.25, 0.3) is 22.8 Å². The summed E-state index contributed by atoms with van der Waals surface area (Å²) < 4.78 is 5.83. The van der Waals surface area contributed by atoms with Crippen molar-refractivity contribution >= 4 is 19.0 Å². The van der Waals surface area contributed by atoms with Gasteiger partial charge in [-0.25, -0.2) is 4.98 Å². The highest BCUT2D eigenvalue weighted by atomic mass is 16.4. The van der Waals surface area contributed by atoms with Gasteiger partial charge in [-0.05, 0) is 24.3 Å². The van der Waals surface area contributed by atoms with Gasteiger partial charge in [0.25, 0.3) is 0 Å². The smallest absolute Gasteiger partial charge is 0.226 e. The number of rotatable bonds is 3. The van der Waals surface area contributed by atoms with Crippen LogP contribution in [0.3, 0.4) is 0 Å². The first kappa shape index (κ1) is 13.5. The van der Waals surface area contributed by atoms with Crippen LogP contribution in [0.5, 0.6) is 0 Å². The van der Waals surface area contributed by atoms with E-state index in [1.165, 1.54) is 0 Å². The maximum absolute atomic E-state index is 5.83. The van der Waals surface area contributed by atoms with Gasteiger partial charge in [0, 0.05) is 30.9 Å². The number of hydrogen-bond donors (Lipinski definition) is 0. The van der Waals surface area contributed by atoms with Gasteiger partial charge in [0.2, 0.25) is 5.89 Å². The molecular weight excluding hydrogens is 259 g/mol. The van der Waals surface area contributed by atoms with E-state index in [1.807, 2.05) is 50.5 Å². The summed E-state index contributed by atoms with van der Waals surface area (Å²) in [5.41, 5.74) is 3.80. The second-order valence-electron chi connectivity index (χ2n) is 5.09. The Hall–Kier alpha value is -2.49. The summed E-state index contributed by atoms with van der Waals surface area (Å²) in [4.78, 5) is 6.39. The van der Waals surface area contributed by atoms with Gasteiger partial charge in [0.1, 0.15) is 7.85 Å². The largest absolute Gasteiger partial charge is 0.436 e. The molecule has 102 valence electrons. The van der Waals surface area contributed by atoms with E-state index in [1.54, 1.807) is 6.20 Å². The fourth-order valence-corrected chi connectivity index (χ4v) is 2.09. The number of anilines is 1. The predicted molar refractivity (Wildman–Crippen MR) is 87.1 cm³/mol. The molecule has 3 rings (SSSR count). The minimum absolute atomic E-state index is 0.599. The molecule has 1 heterocycles. The Morgan fingerprint density at radius 1 is 0.905 bits per heavy atom. The van der Waals surface area contributed by atoms with Crippen molar-refractivity contribution in [1.29, 1.82) is 0 Å². The molecule has 4 heteroatoms. The summed E-state index contributed by atoms with van der Waals surface area (Å²) >= 11 is 0. The summed E-state index contributed by atoms with van der Waals surface area (Å²) in [5.74, 6) is 1.36. The summed E-state index contributed by atoms with van der Waals surface area (Å²) in [6.45, 7) is 0. The van der Waals surface area contributed by atoms with E-state index in [0.717, 1.165) is 28.0 Å². The lowest BCUT2D eigenvalue weighted by Gasteiger charge is -2.11. The lowest BCUT2D eigenvalue weighted by atomic mass is 9.95. The Bertz CT molecular complexity index is 730. The summed E-state index contributed by atoms with van der Waals surface area (Å²) in [5, 5.41) is 0. The van der Waals surface area contributed by atoms with Crippen molar-refractivity contribution in [3.8, 4) is 22.8 Å². The molecule has 0 aliphatic heterocycles. The fourth-order valence-electron chi connectivity index (χ4n) is 2.09. The van der Waals surface area contributed by atoms with E-state index in [4.69, 9.17) is 12.3 Å². The molecule has 0 aliphatic carbocycles. The van der Waals surface area contributed by atoms with E-state index < -0.39 is 0 Å². The first-order chi connectivity index (χ1) is 10.1. The predicted octanol–water partition coefficient (Wildman–Crippen LogP) is 2.87. The number of nitrogens with zero attached hydrogens (tertiary/aromatic N) is 2. The zero-order chi connectivity index (χ0) is 14.8. The lowest BCUT2D eigenvalue weighted by Crippen LogP contribution is -2.07. The highest BCUT2D eigenvalue weighted by molar-refractivity contribution is 6.32. The third-order valence-corrected chi connectivity index (χ3v) is 3.33. The Morgan fingerprint density at radius 3 is 2.14 bits per heavy atom. The molecule has 0 unspecified atom stereocenters. The molecule has 0 fully saturated rings. The molecule has 0 atom stereocenters. The van der Waals surface area contributed by atoms with Crippen LogP contribution in [-0.2, 0) is 0 Å². The van der Waals surface area contributed by atoms with Gasteiger partial charge in [0.15, 0.2) is 5.76 Å². The summed E-state index contributed by atoms with van der Waals surface area (Å²) in [6.07, 6.45) is 1.75. The average Bonchev–Trinajstić information content (AvgIpc) is 2.98. The molecule has 2 radical (unpaired) electrons. The minimum atomic E-state index is 0.599. The molecule has 1 aromatic heterocycles. The Kier molecular flexibility index (Phi) is 3.52. The van der Waals surface area contributed by atoms with Crippen molar-refractivity contribution in [2.75, 3.05) is 19.0 Å². The highest BCUT2D eigenvalue weighted by Crippen LogP contribution is 2.26. The molecule has 21 heavy (non-hydrogen) atoms. The summed E-state index contributed by atoms with van der Waals surface area (Å²) in [7, 11) is 9.72. The van der Waals surface area contributed by atoms with Crippen LogP contribution in [0.2, 0.25) is 0 Å². The minimum Gasteiger partial charge on any atom is -0.436 e. The van der Waals surface area contributed by atoms with Gasteiger partial charge < -0.3 is 9.32 Å². The van der Waals surface area contributed by atoms with Crippen molar-refractivity contribution in [1.82, 2.24) is 4.98 Å². The molecule has 0 saturated carbocycles. The first-order valence-corrected chi connectivity index (χ1v) is 6.73. The van der Waals surface area contributed by atoms with Crippen LogP contribution in [-0.4, -0.2) is 26.9 Å². The molecular formula is C17H15BN2O. The van der Waals surface area contributed by atoms with Crippen molar-refractivity contribution in [2.45, 2.75) is 0 Å². The van der Waals surface area contributed by atoms with Crippen LogP contribution in [0, 0.1) is 0 Å². The maximum atomic E-state index is 5.83. The van der Waals surface area contributed by atoms with Crippen LogP contribution in [0.1, 0.15) is 0 Å². The van der Waals surface area contributed by atoms with Gasteiger partial charge in [-0.3, -0.25) is 0 Å². The van der Waals surface area contributed by atoms with Crippen LogP contribution in [0.15, 0.2) is 59.1 Å². The van der Waals surface area contributed by atoms with Gasteiger partial charge in [-0.15, -0.1) is 0 Å². The van der Waals surface area contributed by atoms with E-state index in [9.17, 15) is 0 Å². The SMILES string of the molecule is [B]c1ccc(-c2ncc(-c3ccc(N(C)C)cc3)o2)cc1. The van der Waals surface area contributed by atoms with Gasteiger partial charge in [0.05, 0.1) is 6.20 Å². The first-order valence-electron chi connectivity index (χ1n) is 6.73. The zero-order valence-corrected chi connectivity index (χ0v) is 12.1. The number of aromatic nitrogens is 1. The third-order valence-electron chi connectivity index (χ3n) is 3.33. The van der Waals surface area contributed by atoms with E-state index in [2.05, 4.69) is 22.0 Å². The molecule has 3 nitrogen and oxygen atoms in total. The van der Waals surface area contributed by atoms with Crippen molar-refractivity contribution in [3.05, 3.63) is 54.7 Å². The molecule has 0 spiro atoms. The molecule has 0 aliphatic rings. The molecule has 0 bridgehead atoms. The van der Waals surface area contributed by atoms with Gasteiger partial charge >= 0.3 is 0 Å². The lowest BCUT2D eigenvalue weighted by molar-refractivity contribution is 0.589. The molecule has 0 saturated heterocycles. The quantitative estimate of drug-likeness (QED) is 0.688. The monoisotopic (exact) mass is 274 g/mol. The van der Waals surface area contributed by atoms with E-state index in [0.29, 0.717) is 5.89 Å². The Morgan fingerprint density at radius 2 is 1.52 bits per heavy atom. The van der Waals surface area contributed by atoms with Crippen LogP contribution in [0.4, 0.5) is 5.69 Å². The topological polar surface area (TPSA) is 29.3 Å². The molecule has 0 N–H and O–H groups in total. The van der Waals surface area contributed by atoms with Crippen molar-refractivity contribution in [2.24, 2.45) is 0 Å². The number of hydrogen-bond acceptors (Lipinski definition) is 3. The molecule has 3 aromatic rings. The zero-order valence-electron chi connectivity index (χ0n) is 12.1.